The fourth-order valence-corrected chi connectivity index (χ4v) is 4.97. The Balaban J connectivity index is 1.72. The number of benzene rings is 3. The molecule has 0 radical (unpaired) electrons. The van der Waals surface area contributed by atoms with Gasteiger partial charge in [-0.15, -0.1) is 0 Å². The van der Waals surface area contributed by atoms with Crippen LogP contribution in [0, 0.1) is 0 Å². The second-order valence-electron chi connectivity index (χ2n) is 8.18. The smallest absolute Gasteiger partial charge is 0.258 e. The van der Waals surface area contributed by atoms with Crippen molar-refractivity contribution >= 4 is 33.0 Å². The third-order valence-corrected chi connectivity index (χ3v) is 6.83. The average molecular weight is 460 g/mol. The summed E-state index contributed by atoms with van der Waals surface area (Å²) in [5.74, 6) is 0. The molecule has 5 rings (SSSR count). The Kier molecular flexibility index (Phi) is 5.74. The molecular formula is C26H25N3O3S. The first-order valence-corrected chi connectivity index (χ1v) is 12.0. The van der Waals surface area contributed by atoms with E-state index in [2.05, 4.69) is 27.5 Å². The van der Waals surface area contributed by atoms with E-state index in [9.17, 15) is 9.00 Å². The monoisotopic (exact) mass is 459 g/mol. The van der Waals surface area contributed by atoms with Crippen molar-refractivity contribution in [3.8, 4) is 11.1 Å². The first kappa shape index (κ1) is 21.4. The zero-order chi connectivity index (χ0) is 22.9. The normalized spacial score (nSPS) is 14.1. The number of nitrogens with zero attached hydrogens (tertiary/aromatic N) is 3. The van der Waals surface area contributed by atoms with Crippen LogP contribution in [0.5, 0.6) is 0 Å². The van der Waals surface area contributed by atoms with Gasteiger partial charge < -0.3 is 9.47 Å². The standard InChI is InChI=1S/C26H25N3O3S/c1-28-17-23(20-10-6-7-11-21(20)26(28)30)19-14-24(27-33(31)32-2)22-12-13-29(25(22)15-19)16-18-8-4-3-5-9-18/h3-11,14-15,17,33H,12-13,16H2,1-2H3. The molecule has 0 fully saturated rings. The summed E-state index contributed by atoms with van der Waals surface area (Å²) >= 11 is 0. The first-order chi connectivity index (χ1) is 16.0. The maximum atomic E-state index is 12.7. The molecule has 0 amide bonds. The van der Waals surface area contributed by atoms with Gasteiger partial charge in [0.15, 0.2) is 10.9 Å². The molecule has 6 nitrogen and oxygen atoms in total. The molecule has 4 aromatic rings. The Morgan fingerprint density at radius 3 is 2.52 bits per heavy atom. The number of hydrogen-bond donors (Lipinski definition) is 1. The summed E-state index contributed by atoms with van der Waals surface area (Å²) in [4.78, 5) is 15.0. The van der Waals surface area contributed by atoms with Crippen molar-refractivity contribution in [2.75, 3.05) is 18.6 Å². The Morgan fingerprint density at radius 2 is 1.76 bits per heavy atom. The van der Waals surface area contributed by atoms with Gasteiger partial charge in [0.2, 0.25) is 0 Å². The van der Waals surface area contributed by atoms with Crippen LogP contribution in [0.15, 0.2) is 82.1 Å². The van der Waals surface area contributed by atoms with E-state index in [1.807, 2.05) is 54.7 Å². The largest absolute Gasteiger partial charge is 0.367 e. The Morgan fingerprint density at radius 1 is 1.03 bits per heavy atom. The zero-order valence-corrected chi connectivity index (χ0v) is 19.5. The molecule has 0 bridgehead atoms. The van der Waals surface area contributed by atoms with E-state index in [4.69, 9.17) is 4.18 Å². The van der Waals surface area contributed by atoms with Crippen LogP contribution in [0.1, 0.15) is 11.1 Å². The van der Waals surface area contributed by atoms with E-state index in [-0.39, 0.29) is 5.56 Å². The summed E-state index contributed by atoms with van der Waals surface area (Å²) in [6.07, 6.45) is 2.69. The minimum Gasteiger partial charge on any atom is -0.367 e. The maximum Gasteiger partial charge on any atom is 0.258 e. The number of rotatable bonds is 5. The van der Waals surface area contributed by atoms with Crippen molar-refractivity contribution < 1.29 is 8.39 Å². The topological polar surface area (TPSA) is 63.9 Å². The van der Waals surface area contributed by atoms with Gasteiger partial charge in [0.1, 0.15) is 0 Å². The Bertz CT molecular complexity index is 1490. The maximum absolute atomic E-state index is 12.7. The van der Waals surface area contributed by atoms with Crippen molar-refractivity contribution in [3.63, 3.8) is 0 Å². The van der Waals surface area contributed by atoms with E-state index in [1.165, 1.54) is 12.7 Å². The summed E-state index contributed by atoms with van der Waals surface area (Å²) in [6, 6.07) is 22.1. The lowest BCUT2D eigenvalue weighted by Gasteiger charge is -2.21. The minimum atomic E-state index is -2.15. The SMILES string of the molecule is CO[SH](=O)=Nc1cc(-c2cn(C)c(=O)c3ccccc23)cc2c1CCN2Cc1ccccc1. The van der Waals surface area contributed by atoms with Gasteiger partial charge in [0.25, 0.3) is 5.56 Å². The Labute approximate surface area is 194 Å². The minimum absolute atomic E-state index is 0.0337. The molecule has 0 saturated carbocycles. The van der Waals surface area contributed by atoms with Crippen LogP contribution in [0.3, 0.4) is 0 Å². The molecule has 33 heavy (non-hydrogen) atoms. The lowest BCUT2D eigenvalue weighted by Crippen LogP contribution is -2.19. The summed E-state index contributed by atoms with van der Waals surface area (Å²) in [6.45, 7) is 1.63. The highest BCUT2D eigenvalue weighted by atomic mass is 32.2. The number of aryl methyl sites for hydroxylation is 1. The van der Waals surface area contributed by atoms with Crippen LogP contribution in [0.2, 0.25) is 0 Å². The number of fused-ring (bicyclic) bond motifs is 2. The molecular weight excluding hydrogens is 434 g/mol. The molecule has 1 atom stereocenters. The van der Waals surface area contributed by atoms with E-state index in [0.717, 1.165) is 47.3 Å². The summed E-state index contributed by atoms with van der Waals surface area (Å²) < 4.78 is 23.2. The third kappa shape index (κ3) is 4.05. The molecule has 1 aromatic heterocycles. The second kappa shape index (κ2) is 8.84. The van der Waals surface area contributed by atoms with Gasteiger partial charge in [-0.3, -0.25) is 8.98 Å². The van der Waals surface area contributed by atoms with Crippen LogP contribution in [-0.2, 0) is 35.1 Å². The van der Waals surface area contributed by atoms with E-state index in [0.29, 0.717) is 11.1 Å². The number of aromatic nitrogens is 1. The lowest BCUT2D eigenvalue weighted by atomic mass is 9.97. The van der Waals surface area contributed by atoms with Crippen LogP contribution in [-0.4, -0.2) is 22.4 Å². The van der Waals surface area contributed by atoms with Gasteiger partial charge in [-0.25, -0.2) is 4.21 Å². The van der Waals surface area contributed by atoms with Crippen molar-refractivity contribution in [2.45, 2.75) is 13.0 Å². The van der Waals surface area contributed by atoms with Gasteiger partial charge >= 0.3 is 0 Å². The quantitative estimate of drug-likeness (QED) is 0.442. The summed E-state index contributed by atoms with van der Waals surface area (Å²) in [5, 5.41) is 1.55. The van der Waals surface area contributed by atoms with Crippen molar-refractivity contribution in [3.05, 3.63) is 94.4 Å². The number of thiol groups is 1. The van der Waals surface area contributed by atoms with Crippen LogP contribution in [0.25, 0.3) is 21.9 Å². The first-order valence-electron chi connectivity index (χ1n) is 10.8. The average Bonchev–Trinajstić information content (AvgIpc) is 3.24. The van der Waals surface area contributed by atoms with E-state index >= 15 is 0 Å². The molecule has 0 aliphatic carbocycles. The zero-order valence-electron chi connectivity index (χ0n) is 18.6. The predicted octanol–water partition coefficient (Wildman–Crippen LogP) is 4.63. The highest BCUT2D eigenvalue weighted by molar-refractivity contribution is 7.69. The third-order valence-electron chi connectivity index (χ3n) is 6.14. The molecule has 1 aliphatic heterocycles. The highest BCUT2D eigenvalue weighted by Gasteiger charge is 2.24. The molecule has 1 unspecified atom stereocenters. The highest BCUT2D eigenvalue weighted by Crippen LogP contribution is 2.41. The summed E-state index contributed by atoms with van der Waals surface area (Å²) in [7, 11) is 1.01. The van der Waals surface area contributed by atoms with Crippen molar-refractivity contribution in [1.29, 1.82) is 0 Å². The molecule has 7 heteroatoms. The van der Waals surface area contributed by atoms with Crippen LogP contribution < -0.4 is 10.5 Å². The van der Waals surface area contributed by atoms with Crippen LogP contribution in [0.4, 0.5) is 11.4 Å². The molecule has 0 spiro atoms. The fraction of sp³-hybridized carbons (Fsp3) is 0.192. The van der Waals surface area contributed by atoms with Crippen molar-refractivity contribution in [2.24, 2.45) is 11.4 Å². The fourth-order valence-electron chi connectivity index (χ4n) is 4.54. The number of anilines is 1. The Hall–Kier alpha value is -3.42. The lowest BCUT2D eigenvalue weighted by molar-refractivity contribution is 0.453. The van der Waals surface area contributed by atoms with Gasteiger partial charge in [-0.2, -0.15) is 4.36 Å². The predicted molar refractivity (Wildman–Crippen MR) is 134 cm³/mol. The molecule has 0 saturated heterocycles. The van der Waals surface area contributed by atoms with Crippen LogP contribution >= 0.6 is 0 Å². The number of hydrogen-bond acceptors (Lipinski definition) is 5. The van der Waals surface area contributed by atoms with E-state index < -0.39 is 10.9 Å². The van der Waals surface area contributed by atoms with Crippen molar-refractivity contribution in [1.82, 2.24) is 4.57 Å². The van der Waals surface area contributed by atoms with Gasteiger partial charge in [-0.1, -0.05) is 48.5 Å². The van der Waals surface area contributed by atoms with Gasteiger partial charge in [0, 0.05) is 48.5 Å². The van der Waals surface area contributed by atoms with E-state index in [1.54, 1.807) is 11.6 Å². The molecule has 0 N–H and O–H groups in total. The second-order valence-corrected chi connectivity index (χ2v) is 9.22. The molecule has 1 aliphatic rings. The number of pyridine rings is 1. The molecule has 3 aromatic carbocycles. The molecule has 2 heterocycles. The van der Waals surface area contributed by atoms with Gasteiger partial charge in [-0.05, 0) is 41.1 Å². The van der Waals surface area contributed by atoms with Gasteiger partial charge in [0.05, 0.1) is 12.8 Å². The summed E-state index contributed by atoms with van der Waals surface area (Å²) in [5.41, 5.74) is 5.89. The molecule has 168 valence electrons.